The number of carbonyl (C=O) groups is 1. The number of aryl methyl sites for hydroxylation is 2. The molecule has 0 spiro atoms. The third kappa shape index (κ3) is 2.71. The van der Waals surface area contributed by atoms with E-state index in [-0.39, 0.29) is 12.5 Å². The maximum absolute atomic E-state index is 12.5. The first kappa shape index (κ1) is 14.6. The lowest BCUT2D eigenvalue weighted by molar-refractivity contribution is -0.120. The maximum atomic E-state index is 12.5. The molecule has 0 bridgehead atoms. The number of nitrogens with zero attached hydrogens (tertiary/aromatic N) is 1. The monoisotopic (exact) mass is 295 g/mol. The largest absolute Gasteiger partial charge is 0.483 e. The van der Waals surface area contributed by atoms with Gasteiger partial charge in [0.1, 0.15) is 5.75 Å². The molecule has 1 amide bonds. The number of rotatable bonds is 3. The molecular formula is C19H21NO2. The van der Waals surface area contributed by atoms with E-state index in [4.69, 9.17) is 4.74 Å². The molecule has 3 rings (SSSR count). The average molecular weight is 295 g/mol. The Morgan fingerprint density at radius 3 is 2.77 bits per heavy atom. The molecule has 22 heavy (non-hydrogen) atoms. The van der Waals surface area contributed by atoms with E-state index >= 15 is 0 Å². The summed E-state index contributed by atoms with van der Waals surface area (Å²) in [6.45, 7) is 6.96. The number of fused-ring (bicyclic) bond motifs is 1. The van der Waals surface area contributed by atoms with E-state index in [1.807, 2.05) is 43.0 Å². The van der Waals surface area contributed by atoms with Gasteiger partial charge in [-0.1, -0.05) is 24.3 Å². The SMILES string of the molecule is Cc1cc(C)c(C)c(OCC(=O)N2CCc3ccccc32)c1. The smallest absolute Gasteiger partial charge is 0.264 e. The fourth-order valence-electron chi connectivity index (χ4n) is 2.97. The Labute approximate surface area is 131 Å². The first-order chi connectivity index (χ1) is 10.6. The third-order valence-corrected chi connectivity index (χ3v) is 4.30. The van der Waals surface area contributed by atoms with Gasteiger partial charge in [0.15, 0.2) is 6.61 Å². The minimum Gasteiger partial charge on any atom is -0.483 e. The van der Waals surface area contributed by atoms with E-state index in [9.17, 15) is 4.79 Å². The minimum atomic E-state index is 0.0171. The van der Waals surface area contributed by atoms with Gasteiger partial charge in [0, 0.05) is 12.2 Å². The van der Waals surface area contributed by atoms with Crippen molar-refractivity contribution in [2.75, 3.05) is 18.1 Å². The van der Waals surface area contributed by atoms with Crippen LogP contribution in [-0.4, -0.2) is 19.1 Å². The summed E-state index contributed by atoms with van der Waals surface area (Å²) in [5.41, 5.74) is 5.69. The second kappa shape index (κ2) is 5.84. The van der Waals surface area contributed by atoms with Crippen LogP contribution in [0.3, 0.4) is 0 Å². The summed E-state index contributed by atoms with van der Waals surface area (Å²) in [6.07, 6.45) is 0.921. The van der Waals surface area contributed by atoms with Crippen LogP contribution in [0.15, 0.2) is 36.4 Å². The van der Waals surface area contributed by atoms with Crippen LogP contribution in [-0.2, 0) is 11.2 Å². The van der Waals surface area contributed by atoms with Crippen LogP contribution in [0.5, 0.6) is 5.75 Å². The maximum Gasteiger partial charge on any atom is 0.264 e. The van der Waals surface area contributed by atoms with Crippen molar-refractivity contribution in [3.63, 3.8) is 0 Å². The molecule has 0 saturated heterocycles. The molecule has 0 unspecified atom stereocenters. The molecule has 114 valence electrons. The number of para-hydroxylation sites is 1. The van der Waals surface area contributed by atoms with Gasteiger partial charge in [-0.2, -0.15) is 0 Å². The molecule has 2 aromatic rings. The summed E-state index contributed by atoms with van der Waals surface area (Å²) in [4.78, 5) is 14.3. The minimum absolute atomic E-state index is 0.0171. The van der Waals surface area contributed by atoms with E-state index in [2.05, 4.69) is 19.1 Å². The van der Waals surface area contributed by atoms with Gasteiger partial charge in [0.05, 0.1) is 0 Å². The highest BCUT2D eigenvalue weighted by Crippen LogP contribution is 2.28. The Kier molecular flexibility index (Phi) is 3.88. The van der Waals surface area contributed by atoms with Gasteiger partial charge >= 0.3 is 0 Å². The summed E-state index contributed by atoms with van der Waals surface area (Å²) < 4.78 is 5.80. The number of amides is 1. The second-order valence-corrected chi connectivity index (χ2v) is 5.92. The van der Waals surface area contributed by atoms with Crippen LogP contribution in [0, 0.1) is 20.8 Å². The fraction of sp³-hybridized carbons (Fsp3) is 0.316. The number of ether oxygens (including phenoxy) is 1. The molecule has 3 heteroatoms. The van der Waals surface area contributed by atoms with E-state index < -0.39 is 0 Å². The number of hydrogen-bond donors (Lipinski definition) is 0. The highest BCUT2D eigenvalue weighted by atomic mass is 16.5. The third-order valence-electron chi connectivity index (χ3n) is 4.30. The van der Waals surface area contributed by atoms with Gasteiger partial charge in [0.2, 0.25) is 0 Å². The molecule has 0 N–H and O–H groups in total. The Bertz CT molecular complexity index is 721. The van der Waals surface area contributed by atoms with Crippen molar-refractivity contribution in [2.45, 2.75) is 27.2 Å². The molecule has 0 aliphatic carbocycles. The molecular weight excluding hydrogens is 274 g/mol. The number of carbonyl (C=O) groups excluding carboxylic acids is 1. The lowest BCUT2D eigenvalue weighted by atomic mass is 10.1. The zero-order valence-corrected chi connectivity index (χ0v) is 13.3. The standard InChI is InChI=1S/C19H21NO2/c1-13-10-14(2)15(3)18(11-13)22-12-19(21)20-9-8-16-6-4-5-7-17(16)20/h4-7,10-11H,8-9,12H2,1-3H3. The Balaban J connectivity index is 1.72. The Morgan fingerprint density at radius 2 is 1.95 bits per heavy atom. The molecule has 0 radical (unpaired) electrons. The lowest BCUT2D eigenvalue weighted by Gasteiger charge is -2.18. The van der Waals surface area contributed by atoms with E-state index in [1.54, 1.807) is 0 Å². The molecule has 2 aromatic carbocycles. The predicted molar refractivity (Wildman–Crippen MR) is 88.6 cm³/mol. The summed E-state index contributed by atoms with van der Waals surface area (Å²) in [6, 6.07) is 12.2. The van der Waals surface area contributed by atoms with Crippen molar-refractivity contribution in [3.05, 3.63) is 58.7 Å². The van der Waals surface area contributed by atoms with Crippen molar-refractivity contribution in [1.29, 1.82) is 0 Å². The van der Waals surface area contributed by atoms with Gasteiger partial charge in [0.25, 0.3) is 5.91 Å². The van der Waals surface area contributed by atoms with Crippen LogP contribution >= 0.6 is 0 Å². The van der Waals surface area contributed by atoms with Crippen molar-refractivity contribution in [2.24, 2.45) is 0 Å². The summed E-state index contributed by atoms with van der Waals surface area (Å²) in [7, 11) is 0. The zero-order valence-electron chi connectivity index (χ0n) is 13.3. The van der Waals surface area contributed by atoms with E-state index in [0.717, 1.165) is 35.5 Å². The Morgan fingerprint density at radius 1 is 1.18 bits per heavy atom. The summed E-state index contributed by atoms with van der Waals surface area (Å²) in [5, 5.41) is 0. The molecule has 0 saturated carbocycles. The first-order valence-corrected chi connectivity index (χ1v) is 7.65. The number of benzene rings is 2. The van der Waals surface area contributed by atoms with Crippen molar-refractivity contribution >= 4 is 11.6 Å². The average Bonchev–Trinajstić information content (AvgIpc) is 2.93. The highest BCUT2D eigenvalue weighted by Gasteiger charge is 2.24. The summed E-state index contributed by atoms with van der Waals surface area (Å²) >= 11 is 0. The number of anilines is 1. The normalized spacial score (nSPS) is 13.1. The molecule has 1 aliphatic rings. The molecule has 0 aromatic heterocycles. The van der Waals surface area contributed by atoms with Crippen LogP contribution in [0.4, 0.5) is 5.69 Å². The van der Waals surface area contributed by atoms with Crippen molar-refractivity contribution in [3.8, 4) is 5.75 Å². The predicted octanol–water partition coefficient (Wildman–Crippen LogP) is 3.58. The van der Waals surface area contributed by atoms with Crippen LogP contribution in [0.2, 0.25) is 0 Å². The molecule has 0 atom stereocenters. The number of hydrogen-bond acceptors (Lipinski definition) is 2. The molecule has 0 fully saturated rings. The van der Waals surface area contributed by atoms with Crippen LogP contribution in [0.1, 0.15) is 22.3 Å². The van der Waals surface area contributed by atoms with Crippen molar-refractivity contribution in [1.82, 2.24) is 0 Å². The zero-order chi connectivity index (χ0) is 15.7. The van der Waals surface area contributed by atoms with E-state index in [0.29, 0.717) is 0 Å². The van der Waals surface area contributed by atoms with Crippen LogP contribution in [0.25, 0.3) is 0 Å². The van der Waals surface area contributed by atoms with E-state index in [1.165, 1.54) is 11.1 Å². The Hall–Kier alpha value is -2.29. The molecule has 1 heterocycles. The van der Waals surface area contributed by atoms with Crippen LogP contribution < -0.4 is 9.64 Å². The molecule has 1 aliphatic heterocycles. The quantitative estimate of drug-likeness (QED) is 0.866. The first-order valence-electron chi connectivity index (χ1n) is 7.65. The highest BCUT2D eigenvalue weighted by molar-refractivity contribution is 5.96. The van der Waals surface area contributed by atoms with Crippen molar-refractivity contribution < 1.29 is 9.53 Å². The summed E-state index contributed by atoms with van der Waals surface area (Å²) in [5.74, 6) is 0.821. The topological polar surface area (TPSA) is 29.5 Å². The fourth-order valence-corrected chi connectivity index (χ4v) is 2.97. The lowest BCUT2D eigenvalue weighted by Crippen LogP contribution is -2.33. The van der Waals surface area contributed by atoms with Gasteiger partial charge < -0.3 is 9.64 Å². The van der Waals surface area contributed by atoms with Gasteiger partial charge in [-0.05, 0) is 61.6 Å². The second-order valence-electron chi connectivity index (χ2n) is 5.92. The molecule has 3 nitrogen and oxygen atoms in total. The van der Waals surface area contributed by atoms with Gasteiger partial charge in [-0.25, -0.2) is 0 Å². The van der Waals surface area contributed by atoms with Gasteiger partial charge in [-0.3, -0.25) is 4.79 Å². The van der Waals surface area contributed by atoms with Gasteiger partial charge in [-0.15, -0.1) is 0 Å².